The summed E-state index contributed by atoms with van der Waals surface area (Å²) in [6, 6.07) is 1.95. The number of Topliss-reactive ketones (excluding diaryl/α,β-unsaturated/α-hetero) is 1. The Kier molecular flexibility index (Phi) is 4.86. The normalized spacial score (nSPS) is 16.5. The second-order valence-corrected chi connectivity index (χ2v) is 6.56. The van der Waals surface area contributed by atoms with Crippen LogP contribution in [0.5, 0.6) is 0 Å². The van der Waals surface area contributed by atoms with E-state index in [1.54, 1.807) is 11.3 Å². The Morgan fingerprint density at radius 1 is 1.42 bits per heavy atom. The summed E-state index contributed by atoms with van der Waals surface area (Å²) in [5.41, 5.74) is 6.59. The molecular formula is C15H24N2OS. The van der Waals surface area contributed by atoms with E-state index in [-0.39, 0.29) is 5.78 Å². The Hall–Kier alpha value is -1.03. The number of carbonyl (C=O) groups excluding carboxylic acids is 1. The molecule has 2 N–H and O–H groups in total. The van der Waals surface area contributed by atoms with Gasteiger partial charge in [-0.1, -0.05) is 26.2 Å². The zero-order chi connectivity index (χ0) is 13.8. The minimum Gasteiger partial charge on any atom is -0.397 e. The molecule has 1 fully saturated rings. The fourth-order valence-electron chi connectivity index (χ4n) is 2.81. The van der Waals surface area contributed by atoms with Crippen molar-refractivity contribution in [3.63, 3.8) is 0 Å². The first-order valence-corrected chi connectivity index (χ1v) is 8.07. The van der Waals surface area contributed by atoms with Crippen LogP contribution in [0.25, 0.3) is 0 Å². The van der Waals surface area contributed by atoms with Crippen molar-refractivity contribution in [1.82, 2.24) is 0 Å². The van der Waals surface area contributed by atoms with E-state index in [9.17, 15) is 4.79 Å². The highest BCUT2D eigenvalue weighted by Gasteiger charge is 2.19. The molecule has 0 amide bonds. The number of hydrogen-bond acceptors (Lipinski definition) is 4. The summed E-state index contributed by atoms with van der Waals surface area (Å²) < 4.78 is 0. The van der Waals surface area contributed by atoms with Gasteiger partial charge in [-0.2, -0.15) is 0 Å². The first kappa shape index (κ1) is 14.4. The lowest BCUT2D eigenvalue weighted by Gasteiger charge is -2.27. The van der Waals surface area contributed by atoms with Crippen molar-refractivity contribution in [2.75, 3.05) is 24.2 Å². The molecule has 0 atom stereocenters. The minimum absolute atomic E-state index is 0.153. The van der Waals surface area contributed by atoms with Gasteiger partial charge in [0, 0.05) is 20.0 Å². The molecule has 0 saturated heterocycles. The second-order valence-electron chi connectivity index (χ2n) is 5.53. The number of rotatable bonds is 5. The highest BCUT2D eigenvalue weighted by Crippen LogP contribution is 2.34. The molecule has 0 aromatic carbocycles. The van der Waals surface area contributed by atoms with Crippen molar-refractivity contribution < 1.29 is 4.79 Å². The Bertz CT molecular complexity index is 435. The van der Waals surface area contributed by atoms with E-state index < -0.39 is 0 Å². The number of anilines is 2. The van der Waals surface area contributed by atoms with Gasteiger partial charge in [-0.05, 0) is 24.8 Å². The summed E-state index contributed by atoms with van der Waals surface area (Å²) in [5.74, 6) is 0.951. The van der Waals surface area contributed by atoms with Crippen LogP contribution in [-0.2, 0) is 0 Å². The molecule has 106 valence electrons. The lowest BCUT2D eigenvalue weighted by molar-refractivity contribution is 0.0993. The van der Waals surface area contributed by atoms with Gasteiger partial charge in [-0.15, -0.1) is 11.3 Å². The Balaban J connectivity index is 2.02. The van der Waals surface area contributed by atoms with E-state index in [0.717, 1.165) is 22.3 Å². The number of hydrogen-bond donors (Lipinski definition) is 1. The maximum absolute atomic E-state index is 11.8. The molecule has 3 nitrogen and oxygen atoms in total. The van der Waals surface area contributed by atoms with Crippen LogP contribution in [0.15, 0.2) is 6.07 Å². The Morgan fingerprint density at radius 2 is 2.11 bits per heavy atom. The average Bonchev–Trinajstić information content (AvgIpc) is 2.81. The fraction of sp³-hybridized carbons (Fsp3) is 0.667. The minimum atomic E-state index is 0.153. The SMILES string of the molecule is CCC(=O)c1sc(N(C)CC2CCCCC2)cc1N. The highest BCUT2D eigenvalue weighted by atomic mass is 32.1. The summed E-state index contributed by atoms with van der Waals surface area (Å²) in [5, 5.41) is 1.12. The summed E-state index contributed by atoms with van der Waals surface area (Å²) in [6.45, 7) is 2.96. The molecule has 0 radical (unpaired) electrons. The van der Waals surface area contributed by atoms with Gasteiger partial charge in [-0.3, -0.25) is 4.79 Å². The van der Waals surface area contributed by atoms with E-state index >= 15 is 0 Å². The van der Waals surface area contributed by atoms with E-state index in [2.05, 4.69) is 11.9 Å². The van der Waals surface area contributed by atoms with Crippen LogP contribution in [0.4, 0.5) is 10.7 Å². The predicted molar refractivity (Wildman–Crippen MR) is 83.2 cm³/mol. The largest absolute Gasteiger partial charge is 0.397 e. The molecule has 19 heavy (non-hydrogen) atoms. The summed E-state index contributed by atoms with van der Waals surface area (Å²) >= 11 is 1.54. The lowest BCUT2D eigenvalue weighted by atomic mass is 9.89. The van der Waals surface area contributed by atoms with E-state index in [1.165, 1.54) is 32.1 Å². The number of nitrogens with two attached hydrogens (primary N) is 1. The van der Waals surface area contributed by atoms with Gasteiger partial charge in [0.15, 0.2) is 5.78 Å². The van der Waals surface area contributed by atoms with Gasteiger partial charge in [0.1, 0.15) is 0 Å². The van der Waals surface area contributed by atoms with Crippen LogP contribution in [0.3, 0.4) is 0 Å². The molecule has 2 rings (SSSR count). The van der Waals surface area contributed by atoms with Crippen molar-refractivity contribution in [3.05, 3.63) is 10.9 Å². The van der Waals surface area contributed by atoms with Gasteiger partial charge >= 0.3 is 0 Å². The first-order valence-electron chi connectivity index (χ1n) is 7.25. The number of nitrogen functional groups attached to an aromatic ring is 1. The number of carbonyl (C=O) groups is 1. The maximum Gasteiger partial charge on any atom is 0.174 e. The van der Waals surface area contributed by atoms with Gasteiger partial charge in [0.2, 0.25) is 0 Å². The third-order valence-corrected chi connectivity index (χ3v) is 5.26. The first-order chi connectivity index (χ1) is 9.11. The zero-order valence-corrected chi connectivity index (χ0v) is 12.8. The maximum atomic E-state index is 11.8. The monoisotopic (exact) mass is 280 g/mol. The summed E-state index contributed by atoms with van der Waals surface area (Å²) in [6.07, 6.45) is 7.32. The predicted octanol–water partition coefficient (Wildman–Crippen LogP) is 3.94. The van der Waals surface area contributed by atoms with E-state index in [0.29, 0.717) is 12.1 Å². The van der Waals surface area contributed by atoms with Crippen LogP contribution in [0.1, 0.15) is 55.1 Å². The molecule has 1 aromatic heterocycles. The standard InChI is InChI=1S/C15H24N2OS/c1-3-13(18)15-12(16)9-14(19-15)17(2)10-11-7-5-4-6-8-11/h9,11H,3-8,10,16H2,1-2H3. The third-order valence-electron chi connectivity index (χ3n) is 3.96. The van der Waals surface area contributed by atoms with Gasteiger partial charge in [0.25, 0.3) is 0 Å². The highest BCUT2D eigenvalue weighted by molar-refractivity contribution is 7.18. The van der Waals surface area contributed by atoms with Gasteiger partial charge < -0.3 is 10.6 Å². The molecule has 1 aliphatic carbocycles. The fourth-order valence-corrected chi connectivity index (χ4v) is 3.87. The molecular weight excluding hydrogens is 256 g/mol. The smallest absolute Gasteiger partial charge is 0.174 e. The zero-order valence-electron chi connectivity index (χ0n) is 11.9. The van der Waals surface area contributed by atoms with Gasteiger partial charge in [-0.25, -0.2) is 0 Å². The average molecular weight is 280 g/mol. The third kappa shape index (κ3) is 3.50. The second kappa shape index (κ2) is 6.42. The molecule has 0 aliphatic heterocycles. The van der Waals surface area contributed by atoms with Crippen LogP contribution in [0.2, 0.25) is 0 Å². The topological polar surface area (TPSA) is 46.3 Å². The van der Waals surface area contributed by atoms with Crippen molar-refractivity contribution >= 4 is 27.8 Å². The van der Waals surface area contributed by atoms with Crippen molar-refractivity contribution in [3.8, 4) is 0 Å². The molecule has 4 heteroatoms. The quantitative estimate of drug-likeness (QED) is 0.831. The lowest BCUT2D eigenvalue weighted by Crippen LogP contribution is -2.26. The van der Waals surface area contributed by atoms with Crippen molar-refractivity contribution in [2.45, 2.75) is 45.4 Å². The van der Waals surface area contributed by atoms with Crippen LogP contribution < -0.4 is 10.6 Å². The number of thiophene rings is 1. The molecule has 1 heterocycles. The van der Waals surface area contributed by atoms with Crippen molar-refractivity contribution in [2.24, 2.45) is 5.92 Å². The van der Waals surface area contributed by atoms with E-state index in [4.69, 9.17) is 5.73 Å². The molecule has 0 unspecified atom stereocenters. The van der Waals surface area contributed by atoms with Gasteiger partial charge in [0.05, 0.1) is 15.6 Å². The Morgan fingerprint density at radius 3 is 2.74 bits per heavy atom. The molecule has 1 saturated carbocycles. The summed E-state index contributed by atoms with van der Waals surface area (Å²) in [7, 11) is 2.11. The molecule has 1 aromatic rings. The van der Waals surface area contributed by atoms with Crippen molar-refractivity contribution in [1.29, 1.82) is 0 Å². The molecule has 1 aliphatic rings. The molecule has 0 bridgehead atoms. The van der Waals surface area contributed by atoms with Crippen LogP contribution >= 0.6 is 11.3 Å². The van der Waals surface area contributed by atoms with Crippen LogP contribution in [-0.4, -0.2) is 19.4 Å². The van der Waals surface area contributed by atoms with E-state index in [1.807, 2.05) is 13.0 Å². The molecule has 0 spiro atoms. The number of ketones is 1. The number of nitrogens with zero attached hydrogens (tertiary/aromatic N) is 1. The Labute approximate surface area is 119 Å². The summed E-state index contributed by atoms with van der Waals surface area (Å²) in [4.78, 5) is 14.8. The van der Waals surface area contributed by atoms with Crippen LogP contribution in [0, 0.1) is 5.92 Å².